The Morgan fingerprint density at radius 1 is 1.26 bits per heavy atom. The number of aliphatic hydroxyl groups is 1. The van der Waals surface area contributed by atoms with Gasteiger partial charge in [0.1, 0.15) is 5.75 Å². The molecule has 3 heteroatoms. The first-order chi connectivity index (χ1) is 9.13. The lowest BCUT2D eigenvalue weighted by atomic mass is 9.85. The molecule has 1 aliphatic carbocycles. The van der Waals surface area contributed by atoms with Crippen LogP contribution in [0.25, 0.3) is 0 Å². The van der Waals surface area contributed by atoms with E-state index in [9.17, 15) is 5.11 Å². The van der Waals surface area contributed by atoms with Crippen molar-refractivity contribution in [2.75, 3.05) is 13.7 Å². The molecule has 1 fully saturated rings. The van der Waals surface area contributed by atoms with Crippen molar-refractivity contribution in [1.82, 2.24) is 5.32 Å². The van der Waals surface area contributed by atoms with Crippen LogP contribution in [-0.4, -0.2) is 24.4 Å². The van der Waals surface area contributed by atoms with Crippen LogP contribution in [0, 0.1) is 6.92 Å². The number of rotatable bonds is 5. The van der Waals surface area contributed by atoms with Crippen molar-refractivity contribution in [1.29, 1.82) is 0 Å². The second-order valence-electron chi connectivity index (χ2n) is 5.70. The van der Waals surface area contributed by atoms with E-state index in [2.05, 4.69) is 24.4 Å². The summed E-state index contributed by atoms with van der Waals surface area (Å²) in [6.45, 7) is 3.49. The van der Waals surface area contributed by atoms with E-state index in [4.69, 9.17) is 4.74 Å². The van der Waals surface area contributed by atoms with E-state index in [0.717, 1.165) is 43.5 Å². The maximum Gasteiger partial charge on any atom is 0.123 e. The van der Waals surface area contributed by atoms with Crippen LogP contribution < -0.4 is 10.1 Å². The quantitative estimate of drug-likeness (QED) is 0.858. The van der Waals surface area contributed by atoms with Gasteiger partial charge in [-0.2, -0.15) is 0 Å². The summed E-state index contributed by atoms with van der Waals surface area (Å²) >= 11 is 0. The topological polar surface area (TPSA) is 41.5 Å². The molecular formula is C16H25NO2. The van der Waals surface area contributed by atoms with Gasteiger partial charge in [0.15, 0.2) is 0 Å². The molecule has 0 atom stereocenters. The third-order valence-corrected chi connectivity index (χ3v) is 3.99. The van der Waals surface area contributed by atoms with Gasteiger partial charge < -0.3 is 15.2 Å². The number of aryl methyl sites for hydroxylation is 1. The molecular weight excluding hydrogens is 238 g/mol. The smallest absolute Gasteiger partial charge is 0.123 e. The molecule has 0 radical (unpaired) electrons. The van der Waals surface area contributed by atoms with Crippen LogP contribution in [0.2, 0.25) is 0 Å². The predicted octanol–water partition coefficient (Wildman–Crippen LogP) is 2.79. The Morgan fingerprint density at radius 3 is 2.68 bits per heavy atom. The standard InChI is InChI=1S/C16H25NO2/c1-13-6-7-15(19-2)14(10-13)11-17-12-16(18)8-4-3-5-9-16/h6-7,10,17-18H,3-5,8-9,11-12H2,1-2H3. The minimum absolute atomic E-state index is 0.505. The SMILES string of the molecule is COc1ccc(C)cc1CNCC1(O)CCCCC1. The predicted molar refractivity (Wildman–Crippen MR) is 77.5 cm³/mol. The van der Waals surface area contributed by atoms with Crippen LogP contribution in [-0.2, 0) is 6.54 Å². The average Bonchev–Trinajstić information content (AvgIpc) is 2.40. The first-order valence-electron chi connectivity index (χ1n) is 7.20. The van der Waals surface area contributed by atoms with Gasteiger partial charge in [-0.1, -0.05) is 37.0 Å². The van der Waals surface area contributed by atoms with E-state index in [1.165, 1.54) is 12.0 Å². The maximum absolute atomic E-state index is 10.4. The molecule has 0 heterocycles. The number of nitrogens with one attached hydrogen (secondary N) is 1. The Labute approximate surface area is 116 Å². The minimum Gasteiger partial charge on any atom is -0.496 e. The maximum atomic E-state index is 10.4. The molecule has 0 saturated heterocycles. The van der Waals surface area contributed by atoms with Crippen molar-refractivity contribution < 1.29 is 9.84 Å². The lowest BCUT2D eigenvalue weighted by Crippen LogP contribution is -2.41. The average molecular weight is 263 g/mol. The van der Waals surface area contributed by atoms with Crippen molar-refractivity contribution >= 4 is 0 Å². The first-order valence-corrected chi connectivity index (χ1v) is 7.20. The second kappa shape index (κ2) is 6.40. The van der Waals surface area contributed by atoms with Crippen LogP contribution in [0.3, 0.4) is 0 Å². The molecule has 0 aromatic heterocycles. The largest absolute Gasteiger partial charge is 0.496 e. The summed E-state index contributed by atoms with van der Waals surface area (Å²) in [6, 6.07) is 6.19. The van der Waals surface area contributed by atoms with Gasteiger partial charge in [0.25, 0.3) is 0 Å². The number of hydrogen-bond acceptors (Lipinski definition) is 3. The van der Waals surface area contributed by atoms with Gasteiger partial charge in [-0.15, -0.1) is 0 Å². The van der Waals surface area contributed by atoms with E-state index in [0.29, 0.717) is 6.54 Å². The fraction of sp³-hybridized carbons (Fsp3) is 0.625. The highest BCUT2D eigenvalue weighted by atomic mass is 16.5. The van der Waals surface area contributed by atoms with Gasteiger partial charge in [0, 0.05) is 18.7 Å². The summed E-state index contributed by atoms with van der Waals surface area (Å²) in [7, 11) is 1.70. The fourth-order valence-corrected chi connectivity index (χ4v) is 2.86. The Kier molecular flexibility index (Phi) is 4.83. The van der Waals surface area contributed by atoms with E-state index in [-0.39, 0.29) is 0 Å². The van der Waals surface area contributed by atoms with Crippen molar-refractivity contribution in [3.05, 3.63) is 29.3 Å². The third-order valence-electron chi connectivity index (χ3n) is 3.99. The first kappa shape index (κ1) is 14.4. The van der Waals surface area contributed by atoms with Gasteiger partial charge >= 0.3 is 0 Å². The summed E-state index contributed by atoms with van der Waals surface area (Å²) in [5, 5.41) is 13.8. The normalized spacial score (nSPS) is 18.3. The molecule has 2 rings (SSSR count). The summed E-state index contributed by atoms with van der Waals surface area (Å²) < 4.78 is 5.37. The highest BCUT2D eigenvalue weighted by Crippen LogP contribution is 2.27. The third kappa shape index (κ3) is 3.95. The highest BCUT2D eigenvalue weighted by molar-refractivity contribution is 5.36. The van der Waals surface area contributed by atoms with Crippen LogP contribution in [0.15, 0.2) is 18.2 Å². The zero-order valence-electron chi connectivity index (χ0n) is 12.0. The van der Waals surface area contributed by atoms with Gasteiger partial charge in [-0.25, -0.2) is 0 Å². The number of ether oxygens (including phenoxy) is 1. The number of benzene rings is 1. The van der Waals surface area contributed by atoms with E-state index >= 15 is 0 Å². The Hall–Kier alpha value is -1.06. The van der Waals surface area contributed by atoms with Crippen LogP contribution in [0.1, 0.15) is 43.2 Å². The molecule has 0 bridgehead atoms. The fourth-order valence-electron chi connectivity index (χ4n) is 2.86. The molecule has 2 N–H and O–H groups in total. The van der Waals surface area contributed by atoms with Crippen molar-refractivity contribution in [3.8, 4) is 5.75 Å². The minimum atomic E-state index is -0.505. The molecule has 0 unspecified atom stereocenters. The van der Waals surface area contributed by atoms with Crippen LogP contribution in [0.5, 0.6) is 5.75 Å². The van der Waals surface area contributed by atoms with Gasteiger partial charge in [0.05, 0.1) is 12.7 Å². The molecule has 19 heavy (non-hydrogen) atoms. The van der Waals surface area contributed by atoms with Gasteiger partial charge in [0.2, 0.25) is 0 Å². The summed E-state index contributed by atoms with van der Waals surface area (Å²) in [4.78, 5) is 0. The van der Waals surface area contributed by atoms with Gasteiger partial charge in [-0.05, 0) is 25.8 Å². The lowest BCUT2D eigenvalue weighted by molar-refractivity contribution is 0.00464. The van der Waals surface area contributed by atoms with Crippen LogP contribution >= 0.6 is 0 Å². The molecule has 1 aliphatic rings. The van der Waals surface area contributed by atoms with Crippen molar-refractivity contribution in [2.45, 2.75) is 51.2 Å². The van der Waals surface area contributed by atoms with Crippen LogP contribution in [0.4, 0.5) is 0 Å². The summed E-state index contributed by atoms with van der Waals surface area (Å²) in [5.74, 6) is 0.911. The van der Waals surface area contributed by atoms with E-state index < -0.39 is 5.60 Å². The molecule has 3 nitrogen and oxygen atoms in total. The molecule has 0 aliphatic heterocycles. The van der Waals surface area contributed by atoms with Crippen molar-refractivity contribution in [2.24, 2.45) is 0 Å². The second-order valence-corrected chi connectivity index (χ2v) is 5.70. The Balaban J connectivity index is 1.90. The number of methoxy groups -OCH3 is 1. The monoisotopic (exact) mass is 263 g/mol. The van der Waals surface area contributed by atoms with E-state index in [1.807, 2.05) is 6.07 Å². The molecule has 106 valence electrons. The molecule has 1 saturated carbocycles. The lowest BCUT2D eigenvalue weighted by Gasteiger charge is -2.32. The Bertz CT molecular complexity index is 411. The molecule has 1 aromatic carbocycles. The molecule has 0 spiro atoms. The number of hydrogen-bond donors (Lipinski definition) is 2. The molecule has 0 amide bonds. The highest BCUT2D eigenvalue weighted by Gasteiger charge is 2.28. The summed E-state index contributed by atoms with van der Waals surface area (Å²) in [6.07, 6.45) is 5.39. The zero-order chi connectivity index (χ0) is 13.7. The molecule has 1 aromatic rings. The summed E-state index contributed by atoms with van der Waals surface area (Å²) in [5.41, 5.74) is 1.88. The van der Waals surface area contributed by atoms with Gasteiger partial charge in [-0.3, -0.25) is 0 Å². The van der Waals surface area contributed by atoms with Crippen molar-refractivity contribution in [3.63, 3.8) is 0 Å². The zero-order valence-corrected chi connectivity index (χ0v) is 12.0. The Morgan fingerprint density at radius 2 is 2.00 bits per heavy atom. The van der Waals surface area contributed by atoms with E-state index in [1.54, 1.807) is 7.11 Å².